The summed E-state index contributed by atoms with van der Waals surface area (Å²) in [5.41, 5.74) is 3.19. The van der Waals surface area contributed by atoms with Crippen LogP contribution < -0.4 is 5.32 Å². The highest BCUT2D eigenvalue weighted by Crippen LogP contribution is 2.07. The van der Waals surface area contributed by atoms with E-state index in [1.165, 1.54) is 5.56 Å². The van der Waals surface area contributed by atoms with E-state index in [0.29, 0.717) is 0 Å². The lowest BCUT2D eigenvalue weighted by molar-refractivity contribution is 0.651. The molecule has 1 aromatic heterocycles. The number of aromatic nitrogens is 3. The number of hydrogen-bond donors (Lipinski definition) is 1. The summed E-state index contributed by atoms with van der Waals surface area (Å²) in [6.45, 7) is 6.00. The van der Waals surface area contributed by atoms with Gasteiger partial charge in [0.15, 0.2) is 0 Å². The highest BCUT2D eigenvalue weighted by atomic mass is 15.5. The van der Waals surface area contributed by atoms with Crippen molar-refractivity contribution in [3.8, 4) is 5.69 Å². The minimum absolute atomic E-state index is 0.777. The standard InChI is InChI=1S/C13H18N4/c1-3-7-14-9-12-10-15-17(16-12)13-6-4-5-11(2)8-13/h4-6,8,10,14H,3,7,9H2,1-2H3. The number of benzene rings is 1. The Bertz CT molecular complexity index is 476. The first-order chi connectivity index (χ1) is 8.29. The maximum Gasteiger partial charge on any atom is 0.0969 e. The van der Waals surface area contributed by atoms with Crippen molar-refractivity contribution in [1.82, 2.24) is 20.3 Å². The zero-order valence-corrected chi connectivity index (χ0v) is 10.3. The second-order valence-corrected chi connectivity index (χ2v) is 4.14. The van der Waals surface area contributed by atoms with Gasteiger partial charge in [0, 0.05) is 6.54 Å². The van der Waals surface area contributed by atoms with Gasteiger partial charge in [-0.15, -0.1) is 0 Å². The van der Waals surface area contributed by atoms with Gasteiger partial charge < -0.3 is 5.32 Å². The number of nitrogens with one attached hydrogen (secondary N) is 1. The van der Waals surface area contributed by atoms with Crippen LogP contribution in [0.2, 0.25) is 0 Å². The third-order valence-corrected chi connectivity index (χ3v) is 2.50. The summed E-state index contributed by atoms with van der Waals surface area (Å²) in [5.74, 6) is 0. The molecule has 0 atom stereocenters. The predicted molar refractivity (Wildman–Crippen MR) is 68.1 cm³/mol. The van der Waals surface area contributed by atoms with E-state index in [4.69, 9.17) is 0 Å². The number of rotatable bonds is 5. The molecule has 0 saturated heterocycles. The molecular formula is C13H18N4. The first kappa shape index (κ1) is 11.8. The molecule has 2 rings (SSSR count). The minimum Gasteiger partial charge on any atom is -0.311 e. The minimum atomic E-state index is 0.777. The molecule has 2 aromatic rings. The summed E-state index contributed by atoms with van der Waals surface area (Å²) in [5, 5.41) is 12.0. The van der Waals surface area contributed by atoms with E-state index < -0.39 is 0 Å². The second-order valence-electron chi connectivity index (χ2n) is 4.14. The van der Waals surface area contributed by atoms with E-state index in [2.05, 4.69) is 41.5 Å². The average molecular weight is 230 g/mol. The monoisotopic (exact) mass is 230 g/mol. The van der Waals surface area contributed by atoms with Crippen LogP contribution in [0.1, 0.15) is 24.6 Å². The molecule has 90 valence electrons. The molecule has 0 spiro atoms. The van der Waals surface area contributed by atoms with E-state index >= 15 is 0 Å². The summed E-state index contributed by atoms with van der Waals surface area (Å²) in [6, 6.07) is 8.17. The molecule has 0 aliphatic heterocycles. The maximum atomic E-state index is 4.44. The topological polar surface area (TPSA) is 42.7 Å². The van der Waals surface area contributed by atoms with Gasteiger partial charge in [-0.05, 0) is 37.6 Å². The van der Waals surface area contributed by atoms with Gasteiger partial charge in [-0.25, -0.2) is 0 Å². The summed E-state index contributed by atoms with van der Waals surface area (Å²) in [4.78, 5) is 1.68. The molecule has 0 radical (unpaired) electrons. The lowest BCUT2D eigenvalue weighted by Gasteiger charge is -2.00. The maximum absolute atomic E-state index is 4.44. The molecule has 17 heavy (non-hydrogen) atoms. The van der Waals surface area contributed by atoms with Gasteiger partial charge in [0.1, 0.15) is 0 Å². The normalized spacial score (nSPS) is 10.7. The number of aryl methyl sites for hydroxylation is 1. The summed E-state index contributed by atoms with van der Waals surface area (Å²) >= 11 is 0. The summed E-state index contributed by atoms with van der Waals surface area (Å²) in [6.07, 6.45) is 2.94. The van der Waals surface area contributed by atoms with Crippen LogP contribution in [0.4, 0.5) is 0 Å². The lowest BCUT2D eigenvalue weighted by atomic mass is 10.2. The van der Waals surface area contributed by atoms with Gasteiger partial charge in [-0.3, -0.25) is 0 Å². The molecule has 4 heteroatoms. The fourth-order valence-electron chi connectivity index (χ4n) is 1.65. The SMILES string of the molecule is CCCNCc1cnn(-c2cccc(C)c2)n1. The van der Waals surface area contributed by atoms with Crippen molar-refractivity contribution >= 4 is 0 Å². The lowest BCUT2D eigenvalue weighted by Crippen LogP contribution is -2.14. The van der Waals surface area contributed by atoms with Gasteiger partial charge >= 0.3 is 0 Å². The van der Waals surface area contributed by atoms with Crippen LogP contribution in [-0.4, -0.2) is 21.5 Å². The molecule has 0 amide bonds. The quantitative estimate of drug-likeness (QED) is 0.800. The highest BCUT2D eigenvalue weighted by molar-refractivity contribution is 5.33. The summed E-state index contributed by atoms with van der Waals surface area (Å²) in [7, 11) is 0. The van der Waals surface area contributed by atoms with Gasteiger partial charge in [0.25, 0.3) is 0 Å². The van der Waals surface area contributed by atoms with Crippen LogP contribution in [0.25, 0.3) is 5.69 Å². The third-order valence-electron chi connectivity index (χ3n) is 2.50. The van der Waals surface area contributed by atoms with Crippen LogP contribution in [0.15, 0.2) is 30.5 Å². The van der Waals surface area contributed by atoms with E-state index in [-0.39, 0.29) is 0 Å². The molecule has 1 N–H and O–H groups in total. The van der Waals surface area contributed by atoms with Crippen molar-refractivity contribution in [2.75, 3.05) is 6.54 Å². The Hall–Kier alpha value is -1.68. The number of hydrogen-bond acceptors (Lipinski definition) is 3. The van der Waals surface area contributed by atoms with Crippen molar-refractivity contribution in [3.63, 3.8) is 0 Å². The largest absolute Gasteiger partial charge is 0.311 e. The van der Waals surface area contributed by atoms with Crippen molar-refractivity contribution in [2.45, 2.75) is 26.8 Å². The molecule has 0 saturated carbocycles. The molecule has 0 aliphatic carbocycles. The summed E-state index contributed by atoms with van der Waals surface area (Å²) < 4.78 is 0. The van der Waals surface area contributed by atoms with Crippen molar-refractivity contribution < 1.29 is 0 Å². The molecule has 4 nitrogen and oxygen atoms in total. The van der Waals surface area contributed by atoms with Crippen molar-refractivity contribution in [2.24, 2.45) is 0 Å². The Balaban J connectivity index is 2.07. The zero-order chi connectivity index (χ0) is 12.1. The van der Waals surface area contributed by atoms with Crippen molar-refractivity contribution in [1.29, 1.82) is 0 Å². The molecule has 1 heterocycles. The first-order valence-corrected chi connectivity index (χ1v) is 5.98. The highest BCUT2D eigenvalue weighted by Gasteiger charge is 2.02. The van der Waals surface area contributed by atoms with Gasteiger partial charge in [0.05, 0.1) is 17.6 Å². The molecule has 0 bridgehead atoms. The van der Waals surface area contributed by atoms with Crippen LogP contribution in [0, 0.1) is 6.92 Å². The van der Waals surface area contributed by atoms with Gasteiger partial charge in [0.2, 0.25) is 0 Å². The Morgan fingerprint density at radius 1 is 1.35 bits per heavy atom. The van der Waals surface area contributed by atoms with Crippen LogP contribution in [0.3, 0.4) is 0 Å². The van der Waals surface area contributed by atoms with E-state index in [1.807, 2.05) is 18.3 Å². The Morgan fingerprint density at radius 3 is 3.00 bits per heavy atom. The fourth-order valence-corrected chi connectivity index (χ4v) is 1.65. The van der Waals surface area contributed by atoms with Crippen LogP contribution >= 0.6 is 0 Å². The van der Waals surface area contributed by atoms with Gasteiger partial charge in [-0.1, -0.05) is 19.1 Å². The van der Waals surface area contributed by atoms with Crippen LogP contribution in [-0.2, 0) is 6.54 Å². The van der Waals surface area contributed by atoms with Gasteiger partial charge in [-0.2, -0.15) is 15.0 Å². The molecule has 0 aliphatic rings. The fraction of sp³-hybridized carbons (Fsp3) is 0.385. The molecule has 0 fully saturated rings. The van der Waals surface area contributed by atoms with E-state index in [0.717, 1.165) is 30.9 Å². The Labute approximate surface area is 102 Å². The van der Waals surface area contributed by atoms with E-state index in [9.17, 15) is 0 Å². The van der Waals surface area contributed by atoms with Crippen LogP contribution in [0.5, 0.6) is 0 Å². The number of nitrogens with zero attached hydrogens (tertiary/aromatic N) is 3. The predicted octanol–water partition coefficient (Wildman–Crippen LogP) is 2.08. The Kier molecular flexibility index (Phi) is 3.88. The average Bonchev–Trinajstić information content (AvgIpc) is 2.78. The molecule has 0 unspecified atom stereocenters. The smallest absolute Gasteiger partial charge is 0.0969 e. The molecule has 1 aromatic carbocycles. The van der Waals surface area contributed by atoms with E-state index in [1.54, 1.807) is 4.80 Å². The first-order valence-electron chi connectivity index (χ1n) is 5.98. The Morgan fingerprint density at radius 2 is 2.24 bits per heavy atom. The second kappa shape index (κ2) is 5.59. The van der Waals surface area contributed by atoms with Crippen molar-refractivity contribution in [3.05, 3.63) is 41.7 Å². The third kappa shape index (κ3) is 3.14. The zero-order valence-electron chi connectivity index (χ0n) is 10.3. The molecular weight excluding hydrogens is 212 g/mol.